The van der Waals surface area contributed by atoms with E-state index in [1.54, 1.807) is 0 Å². The van der Waals surface area contributed by atoms with E-state index >= 15 is 0 Å². The van der Waals surface area contributed by atoms with Crippen molar-refractivity contribution in [3.8, 4) is 11.1 Å². The van der Waals surface area contributed by atoms with Crippen LogP contribution in [-0.4, -0.2) is 5.78 Å². The monoisotopic (exact) mass is 276 g/mol. The second kappa shape index (κ2) is 6.09. The lowest BCUT2D eigenvalue weighted by Crippen LogP contribution is -2.10. The predicted octanol–water partition coefficient (Wildman–Crippen LogP) is 5.28. The van der Waals surface area contributed by atoms with E-state index in [1.165, 1.54) is 5.56 Å². The summed E-state index contributed by atoms with van der Waals surface area (Å²) >= 11 is 0. The van der Waals surface area contributed by atoms with Gasteiger partial charge in [0.15, 0.2) is 5.78 Å². The number of rotatable bonds is 3. The van der Waals surface area contributed by atoms with Crippen molar-refractivity contribution in [1.82, 2.24) is 0 Å². The standard InChI is InChI=1S/C20H20O/c1-15-7-9-18(10-8-15)20(21)19-13-11-17(12-14-19)16-5-3-2-4-6-16/h2-6,9,11-15H,7-8,10H2,1H3. The third-order valence-electron chi connectivity index (χ3n) is 4.22. The van der Waals surface area contributed by atoms with Gasteiger partial charge in [-0.1, -0.05) is 67.6 Å². The van der Waals surface area contributed by atoms with Gasteiger partial charge in [-0.3, -0.25) is 4.79 Å². The average Bonchev–Trinajstić information content (AvgIpc) is 2.56. The summed E-state index contributed by atoms with van der Waals surface area (Å²) in [7, 11) is 0. The topological polar surface area (TPSA) is 17.1 Å². The van der Waals surface area contributed by atoms with E-state index in [9.17, 15) is 4.79 Å². The number of carbonyl (C=O) groups is 1. The summed E-state index contributed by atoms with van der Waals surface area (Å²) in [6.45, 7) is 2.24. The number of hydrogen-bond acceptors (Lipinski definition) is 1. The number of carbonyl (C=O) groups excluding carboxylic acids is 1. The van der Waals surface area contributed by atoms with Gasteiger partial charge in [-0.05, 0) is 41.9 Å². The molecule has 0 aliphatic heterocycles. The SMILES string of the molecule is CC1CC=C(C(=O)c2ccc(-c3ccccc3)cc2)CC1. The van der Waals surface area contributed by atoms with E-state index in [0.717, 1.165) is 36.0 Å². The molecule has 1 aliphatic rings. The van der Waals surface area contributed by atoms with Crippen LogP contribution in [0.4, 0.5) is 0 Å². The first-order valence-electron chi connectivity index (χ1n) is 7.63. The number of hydrogen-bond donors (Lipinski definition) is 0. The van der Waals surface area contributed by atoms with Crippen LogP contribution in [0.1, 0.15) is 36.5 Å². The van der Waals surface area contributed by atoms with E-state index in [4.69, 9.17) is 0 Å². The van der Waals surface area contributed by atoms with Crippen LogP contribution in [0.2, 0.25) is 0 Å². The Morgan fingerprint density at radius 1 is 0.952 bits per heavy atom. The van der Waals surface area contributed by atoms with E-state index in [-0.39, 0.29) is 5.78 Å². The van der Waals surface area contributed by atoms with E-state index in [1.807, 2.05) is 42.5 Å². The minimum absolute atomic E-state index is 0.196. The first kappa shape index (κ1) is 13.8. The molecule has 0 saturated carbocycles. The lowest BCUT2D eigenvalue weighted by Gasteiger charge is -2.17. The van der Waals surface area contributed by atoms with Gasteiger partial charge in [0.05, 0.1) is 0 Å². The smallest absolute Gasteiger partial charge is 0.188 e. The van der Waals surface area contributed by atoms with Crippen LogP contribution in [0.25, 0.3) is 11.1 Å². The lowest BCUT2D eigenvalue weighted by atomic mass is 9.87. The molecule has 0 fully saturated rings. The van der Waals surface area contributed by atoms with E-state index < -0.39 is 0 Å². The van der Waals surface area contributed by atoms with Crippen LogP contribution in [-0.2, 0) is 0 Å². The highest BCUT2D eigenvalue weighted by atomic mass is 16.1. The highest BCUT2D eigenvalue weighted by Gasteiger charge is 2.17. The Morgan fingerprint density at radius 2 is 1.62 bits per heavy atom. The summed E-state index contributed by atoms with van der Waals surface area (Å²) in [5.74, 6) is 0.906. The number of ketones is 1. The molecule has 0 N–H and O–H groups in total. The molecule has 1 nitrogen and oxygen atoms in total. The van der Waals surface area contributed by atoms with Crippen molar-refractivity contribution in [3.63, 3.8) is 0 Å². The molecule has 1 aliphatic carbocycles. The summed E-state index contributed by atoms with van der Waals surface area (Å²) in [4.78, 5) is 12.5. The highest BCUT2D eigenvalue weighted by Crippen LogP contribution is 2.26. The molecule has 1 unspecified atom stereocenters. The van der Waals surface area contributed by atoms with E-state index in [2.05, 4.69) is 25.1 Å². The number of allylic oxidation sites excluding steroid dienone is 2. The molecule has 2 aromatic rings. The van der Waals surface area contributed by atoms with Gasteiger partial charge in [-0.25, -0.2) is 0 Å². The average molecular weight is 276 g/mol. The molecule has 106 valence electrons. The van der Waals surface area contributed by atoms with Crippen molar-refractivity contribution < 1.29 is 4.79 Å². The van der Waals surface area contributed by atoms with Gasteiger partial charge < -0.3 is 0 Å². The first-order valence-corrected chi connectivity index (χ1v) is 7.63. The van der Waals surface area contributed by atoms with E-state index in [0.29, 0.717) is 5.92 Å². The summed E-state index contributed by atoms with van der Waals surface area (Å²) in [5, 5.41) is 0. The third-order valence-corrected chi connectivity index (χ3v) is 4.22. The summed E-state index contributed by atoms with van der Waals surface area (Å²) < 4.78 is 0. The normalized spacial score (nSPS) is 18.1. The highest BCUT2D eigenvalue weighted by molar-refractivity contribution is 6.08. The quantitative estimate of drug-likeness (QED) is 0.697. The van der Waals surface area contributed by atoms with Crippen LogP contribution in [0, 0.1) is 5.92 Å². The molecular formula is C20H20O. The van der Waals surface area contributed by atoms with Gasteiger partial charge in [-0.15, -0.1) is 0 Å². The molecule has 0 bridgehead atoms. The van der Waals surface area contributed by atoms with Crippen molar-refractivity contribution in [2.45, 2.75) is 26.2 Å². The molecule has 3 rings (SSSR count). The van der Waals surface area contributed by atoms with Gasteiger partial charge >= 0.3 is 0 Å². The fourth-order valence-electron chi connectivity index (χ4n) is 2.80. The summed E-state index contributed by atoms with van der Waals surface area (Å²) in [6.07, 6.45) is 5.20. The van der Waals surface area contributed by atoms with Crippen LogP contribution in [0.15, 0.2) is 66.2 Å². The molecule has 0 radical (unpaired) electrons. The van der Waals surface area contributed by atoms with Crippen molar-refractivity contribution in [1.29, 1.82) is 0 Å². The van der Waals surface area contributed by atoms with Crippen molar-refractivity contribution >= 4 is 5.78 Å². The Labute approximate surface area is 126 Å². The van der Waals surface area contributed by atoms with Gasteiger partial charge in [0.25, 0.3) is 0 Å². The van der Waals surface area contributed by atoms with Gasteiger partial charge in [0.1, 0.15) is 0 Å². The molecule has 0 heterocycles. The number of Topliss-reactive ketones (excluding diaryl/α,β-unsaturated/α-hetero) is 1. The second-order valence-electron chi connectivity index (χ2n) is 5.88. The molecule has 21 heavy (non-hydrogen) atoms. The molecule has 0 spiro atoms. The maximum Gasteiger partial charge on any atom is 0.188 e. The zero-order chi connectivity index (χ0) is 14.7. The Bertz CT molecular complexity index is 650. The van der Waals surface area contributed by atoms with Gasteiger partial charge in [-0.2, -0.15) is 0 Å². The van der Waals surface area contributed by atoms with Crippen LogP contribution >= 0.6 is 0 Å². The maximum absolute atomic E-state index is 12.5. The summed E-state index contributed by atoms with van der Waals surface area (Å²) in [6, 6.07) is 18.2. The van der Waals surface area contributed by atoms with Crippen molar-refractivity contribution in [3.05, 3.63) is 71.8 Å². The minimum atomic E-state index is 0.196. The predicted molar refractivity (Wildman–Crippen MR) is 87.3 cm³/mol. The van der Waals surface area contributed by atoms with Gasteiger partial charge in [0.2, 0.25) is 0 Å². The molecule has 0 saturated heterocycles. The third kappa shape index (κ3) is 3.13. The van der Waals surface area contributed by atoms with Crippen LogP contribution in [0.3, 0.4) is 0 Å². The Morgan fingerprint density at radius 3 is 2.24 bits per heavy atom. The summed E-state index contributed by atoms with van der Waals surface area (Å²) in [5.41, 5.74) is 4.12. The molecule has 1 heteroatoms. The lowest BCUT2D eigenvalue weighted by molar-refractivity contribution is 0.102. The second-order valence-corrected chi connectivity index (χ2v) is 5.88. The molecule has 1 atom stereocenters. The van der Waals surface area contributed by atoms with Crippen molar-refractivity contribution in [2.24, 2.45) is 5.92 Å². The molecule has 0 aromatic heterocycles. The zero-order valence-electron chi connectivity index (χ0n) is 12.4. The first-order chi connectivity index (χ1) is 10.2. The van der Waals surface area contributed by atoms with Gasteiger partial charge in [0, 0.05) is 5.56 Å². The Balaban J connectivity index is 1.80. The fraction of sp³-hybridized carbons (Fsp3) is 0.250. The molecule has 2 aromatic carbocycles. The zero-order valence-corrected chi connectivity index (χ0v) is 12.4. The molecular weight excluding hydrogens is 256 g/mol. The number of benzene rings is 2. The Kier molecular flexibility index (Phi) is 4.01. The van der Waals surface area contributed by atoms with Crippen molar-refractivity contribution in [2.75, 3.05) is 0 Å². The fourth-order valence-corrected chi connectivity index (χ4v) is 2.80. The molecule has 0 amide bonds. The largest absolute Gasteiger partial charge is 0.289 e. The minimum Gasteiger partial charge on any atom is -0.289 e. The maximum atomic E-state index is 12.5. The van der Waals surface area contributed by atoms with Crippen LogP contribution < -0.4 is 0 Å². The Hall–Kier alpha value is -2.15. The van der Waals surface area contributed by atoms with Crippen LogP contribution in [0.5, 0.6) is 0 Å².